The van der Waals surface area contributed by atoms with Crippen LogP contribution in [0.2, 0.25) is 0 Å². The van der Waals surface area contributed by atoms with Crippen LogP contribution in [0.1, 0.15) is 17.2 Å². The van der Waals surface area contributed by atoms with E-state index in [-0.39, 0.29) is 6.61 Å². The summed E-state index contributed by atoms with van der Waals surface area (Å²) in [6.07, 6.45) is 6.75. The van der Waals surface area contributed by atoms with Crippen molar-refractivity contribution < 1.29 is 14.6 Å². The molecule has 0 spiro atoms. The molecule has 0 unspecified atom stereocenters. The molecule has 0 amide bonds. The molecule has 0 aliphatic rings. The summed E-state index contributed by atoms with van der Waals surface area (Å²) in [5.41, 5.74) is 1.37. The van der Waals surface area contributed by atoms with E-state index >= 15 is 0 Å². The zero-order valence-corrected chi connectivity index (χ0v) is 14.3. The van der Waals surface area contributed by atoms with Crippen molar-refractivity contribution in [3.05, 3.63) is 54.1 Å². The van der Waals surface area contributed by atoms with Crippen LogP contribution in [0.5, 0.6) is 11.5 Å². The summed E-state index contributed by atoms with van der Waals surface area (Å²) in [6.45, 7) is 2.51. The van der Waals surface area contributed by atoms with Crippen molar-refractivity contribution in [2.75, 3.05) is 14.2 Å². The SMILES string of the molecule is COc1cnnc(CO)c1.COc1cnnc(Cn2ccnc2C)c1. The molecule has 0 saturated carbocycles. The quantitative estimate of drug-likeness (QED) is 0.731. The molecule has 0 aliphatic carbocycles. The van der Waals surface area contributed by atoms with Crippen LogP contribution in [0, 0.1) is 6.92 Å². The van der Waals surface area contributed by atoms with E-state index in [9.17, 15) is 0 Å². The Morgan fingerprint density at radius 2 is 1.60 bits per heavy atom. The fourth-order valence-corrected chi connectivity index (χ4v) is 1.90. The average molecular weight is 344 g/mol. The number of methoxy groups -OCH3 is 2. The molecule has 0 saturated heterocycles. The Morgan fingerprint density at radius 1 is 1.00 bits per heavy atom. The first-order valence-corrected chi connectivity index (χ1v) is 7.46. The first-order valence-electron chi connectivity index (χ1n) is 7.46. The van der Waals surface area contributed by atoms with Crippen LogP contribution in [-0.4, -0.2) is 49.3 Å². The van der Waals surface area contributed by atoms with E-state index in [4.69, 9.17) is 14.6 Å². The van der Waals surface area contributed by atoms with Crippen molar-refractivity contribution >= 4 is 0 Å². The summed E-state index contributed by atoms with van der Waals surface area (Å²) < 4.78 is 11.9. The van der Waals surface area contributed by atoms with Gasteiger partial charge in [-0.2, -0.15) is 20.4 Å². The third kappa shape index (κ3) is 5.50. The lowest BCUT2D eigenvalue weighted by Gasteiger charge is -2.04. The minimum Gasteiger partial charge on any atom is -0.495 e. The van der Waals surface area contributed by atoms with E-state index in [1.165, 1.54) is 13.3 Å². The number of hydrogen-bond donors (Lipinski definition) is 1. The number of rotatable bonds is 5. The summed E-state index contributed by atoms with van der Waals surface area (Å²) in [6, 6.07) is 3.50. The first-order chi connectivity index (χ1) is 12.2. The molecule has 3 aromatic heterocycles. The van der Waals surface area contributed by atoms with Gasteiger partial charge in [-0.15, -0.1) is 0 Å². The van der Waals surface area contributed by atoms with Crippen molar-refractivity contribution in [3.8, 4) is 11.5 Å². The topological polar surface area (TPSA) is 108 Å². The normalized spacial score (nSPS) is 9.92. The van der Waals surface area contributed by atoms with E-state index < -0.39 is 0 Å². The summed E-state index contributed by atoms with van der Waals surface area (Å²) in [5.74, 6) is 2.29. The Hall–Kier alpha value is -3.07. The van der Waals surface area contributed by atoms with Crippen molar-refractivity contribution in [1.29, 1.82) is 0 Å². The number of aliphatic hydroxyl groups excluding tert-OH is 1. The van der Waals surface area contributed by atoms with Crippen molar-refractivity contribution in [2.24, 2.45) is 0 Å². The van der Waals surface area contributed by atoms with Gasteiger partial charge in [0.05, 0.1) is 51.2 Å². The molecule has 0 aromatic carbocycles. The molecule has 0 radical (unpaired) electrons. The third-order valence-corrected chi connectivity index (χ3v) is 3.25. The lowest BCUT2D eigenvalue weighted by molar-refractivity contribution is 0.274. The second-order valence-corrected chi connectivity index (χ2v) is 4.93. The van der Waals surface area contributed by atoms with E-state index in [2.05, 4.69) is 25.4 Å². The third-order valence-electron chi connectivity index (χ3n) is 3.25. The van der Waals surface area contributed by atoms with Crippen LogP contribution < -0.4 is 9.47 Å². The van der Waals surface area contributed by atoms with Crippen LogP contribution in [0.15, 0.2) is 36.9 Å². The average Bonchev–Trinajstić information content (AvgIpc) is 3.07. The summed E-state index contributed by atoms with van der Waals surface area (Å²) >= 11 is 0. The molecular formula is C16H20N6O3. The van der Waals surface area contributed by atoms with Crippen LogP contribution in [-0.2, 0) is 13.2 Å². The molecule has 9 heteroatoms. The van der Waals surface area contributed by atoms with Gasteiger partial charge in [-0.3, -0.25) is 0 Å². The second kappa shape index (κ2) is 9.28. The minimum atomic E-state index is -0.107. The monoisotopic (exact) mass is 344 g/mol. The highest BCUT2D eigenvalue weighted by atomic mass is 16.5. The standard InChI is InChI=1S/C10H12N4O.C6H8N2O2/c1-8-11-3-4-14(8)7-9-5-10(15-2)6-12-13-9;1-10-6-2-5(4-9)8-7-3-6/h3-6H,7H2,1-2H3;2-3,9H,4H2,1H3. The van der Waals surface area contributed by atoms with E-state index in [1.807, 2.05) is 23.8 Å². The number of aromatic nitrogens is 6. The molecule has 0 fully saturated rings. The van der Waals surface area contributed by atoms with E-state index in [0.29, 0.717) is 18.0 Å². The van der Waals surface area contributed by atoms with E-state index in [0.717, 1.165) is 17.3 Å². The van der Waals surface area contributed by atoms with Gasteiger partial charge >= 0.3 is 0 Å². The maximum absolute atomic E-state index is 8.60. The molecule has 25 heavy (non-hydrogen) atoms. The number of nitrogens with zero attached hydrogens (tertiary/aromatic N) is 6. The Bertz CT molecular complexity index is 774. The molecule has 3 heterocycles. The minimum absolute atomic E-state index is 0.107. The lowest BCUT2D eigenvalue weighted by Crippen LogP contribution is -2.04. The van der Waals surface area contributed by atoms with Gasteiger partial charge in [0.25, 0.3) is 0 Å². The lowest BCUT2D eigenvalue weighted by atomic mass is 10.3. The molecule has 3 rings (SSSR count). The number of hydrogen-bond acceptors (Lipinski definition) is 8. The zero-order valence-electron chi connectivity index (χ0n) is 14.3. The fourth-order valence-electron chi connectivity index (χ4n) is 1.90. The van der Waals surface area contributed by atoms with Gasteiger partial charge in [0, 0.05) is 24.5 Å². The number of imidazole rings is 1. The van der Waals surface area contributed by atoms with Crippen LogP contribution in [0.4, 0.5) is 0 Å². The maximum atomic E-state index is 8.60. The van der Waals surface area contributed by atoms with Gasteiger partial charge in [-0.05, 0) is 6.92 Å². The zero-order chi connectivity index (χ0) is 18.1. The van der Waals surface area contributed by atoms with Gasteiger partial charge in [0.15, 0.2) is 0 Å². The molecule has 9 nitrogen and oxygen atoms in total. The number of ether oxygens (including phenoxy) is 2. The molecule has 1 N–H and O–H groups in total. The Balaban J connectivity index is 0.000000196. The van der Waals surface area contributed by atoms with Gasteiger partial charge < -0.3 is 19.1 Å². The predicted octanol–water partition coefficient (Wildman–Crippen LogP) is 1.02. The maximum Gasteiger partial charge on any atom is 0.140 e. The van der Waals surface area contributed by atoms with Crippen LogP contribution in [0.3, 0.4) is 0 Å². The number of aryl methyl sites for hydroxylation is 1. The van der Waals surface area contributed by atoms with Gasteiger partial charge in [-0.1, -0.05) is 0 Å². The summed E-state index contributed by atoms with van der Waals surface area (Å²) in [4.78, 5) is 4.14. The Kier molecular flexibility index (Phi) is 6.78. The predicted molar refractivity (Wildman–Crippen MR) is 89.2 cm³/mol. The highest BCUT2D eigenvalue weighted by Gasteiger charge is 2.02. The number of aliphatic hydroxyl groups is 1. The molecule has 0 bridgehead atoms. The van der Waals surface area contributed by atoms with Crippen molar-refractivity contribution in [1.82, 2.24) is 29.9 Å². The van der Waals surface area contributed by atoms with E-state index in [1.54, 1.807) is 25.6 Å². The van der Waals surface area contributed by atoms with Gasteiger partial charge in [0.1, 0.15) is 17.3 Å². The molecular weight excluding hydrogens is 324 g/mol. The van der Waals surface area contributed by atoms with Crippen LogP contribution in [0.25, 0.3) is 0 Å². The smallest absolute Gasteiger partial charge is 0.140 e. The largest absolute Gasteiger partial charge is 0.495 e. The highest BCUT2D eigenvalue weighted by Crippen LogP contribution is 2.10. The fraction of sp³-hybridized carbons (Fsp3) is 0.312. The van der Waals surface area contributed by atoms with Crippen molar-refractivity contribution in [3.63, 3.8) is 0 Å². The first kappa shape index (κ1) is 18.3. The second-order valence-electron chi connectivity index (χ2n) is 4.93. The molecule has 0 atom stereocenters. The van der Waals surface area contributed by atoms with Crippen LogP contribution >= 0.6 is 0 Å². The summed E-state index contributed by atoms with van der Waals surface area (Å²) in [5, 5.41) is 23.7. The van der Waals surface area contributed by atoms with Gasteiger partial charge in [0.2, 0.25) is 0 Å². The highest BCUT2D eigenvalue weighted by molar-refractivity contribution is 5.19. The van der Waals surface area contributed by atoms with Crippen molar-refractivity contribution in [2.45, 2.75) is 20.1 Å². The Labute approximate surface area is 145 Å². The Morgan fingerprint density at radius 3 is 2.12 bits per heavy atom. The molecule has 132 valence electrons. The summed E-state index contributed by atoms with van der Waals surface area (Å²) in [7, 11) is 3.15. The van der Waals surface area contributed by atoms with Gasteiger partial charge in [-0.25, -0.2) is 4.98 Å². The molecule has 3 aromatic rings. The molecule has 0 aliphatic heterocycles.